The first-order valence-corrected chi connectivity index (χ1v) is 6.95. The van der Waals surface area contributed by atoms with E-state index < -0.39 is 11.7 Å². The van der Waals surface area contributed by atoms with Gasteiger partial charge in [0.2, 0.25) is 0 Å². The average molecular weight is 342 g/mol. The van der Waals surface area contributed by atoms with Gasteiger partial charge in [0, 0.05) is 24.9 Å². The summed E-state index contributed by atoms with van der Waals surface area (Å²) in [7, 11) is 4.54. The second-order valence-electron chi connectivity index (χ2n) is 4.79. The van der Waals surface area contributed by atoms with Crippen LogP contribution in [-0.4, -0.2) is 26.3 Å². The van der Waals surface area contributed by atoms with E-state index >= 15 is 0 Å². The van der Waals surface area contributed by atoms with Gasteiger partial charge in [-0.25, -0.2) is 4.98 Å². The number of methoxy groups -OCH3 is 3. The van der Waals surface area contributed by atoms with E-state index in [0.29, 0.717) is 28.6 Å². The minimum absolute atomic E-state index is 0.259. The first kappa shape index (κ1) is 17.7. The van der Waals surface area contributed by atoms with Crippen molar-refractivity contribution in [2.24, 2.45) is 0 Å². The Bertz CT molecular complexity index is 663. The third-order valence-electron chi connectivity index (χ3n) is 3.35. The van der Waals surface area contributed by atoms with Crippen molar-refractivity contribution in [3.63, 3.8) is 0 Å². The van der Waals surface area contributed by atoms with Crippen LogP contribution in [0.2, 0.25) is 0 Å². The summed E-state index contributed by atoms with van der Waals surface area (Å²) in [5.41, 5.74) is -0.102. The van der Waals surface area contributed by atoms with Gasteiger partial charge in [0.25, 0.3) is 0 Å². The summed E-state index contributed by atoms with van der Waals surface area (Å²) in [4.78, 5) is 3.77. The lowest BCUT2D eigenvalue weighted by atomic mass is 10.1. The molecule has 1 N–H and O–H groups in total. The lowest BCUT2D eigenvalue weighted by Crippen LogP contribution is -2.08. The number of benzene rings is 1. The molecule has 0 unspecified atom stereocenters. The van der Waals surface area contributed by atoms with Gasteiger partial charge in [-0.15, -0.1) is 0 Å². The van der Waals surface area contributed by atoms with Crippen LogP contribution in [0, 0.1) is 0 Å². The number of aromatic nitrogens is 1. The van der Waals surface area contributed by atoms with Crippen LogP contribution in [0.5, 0.6) is 17.2 Å². The standard InChI is InChI=1S/C16H17F3N2O3/c1-22-11-6-13(23-2)12(14(7-11)24-3)9-21-15-5-4-10(8-20-15)16(17,18)19/h4-8H,9H2,1-3H3,(H,20,21). The molecule has 0 saturated heterocycles. The normalized spacial score (nSPS) is 11.1. The van der Waals surface area contributed by atoms with Gasteiger partial charge in [-0.3, -0.25) is 0 Å². The van der Waals surface area contributed by atoms with Crippen molar-refractivity contribution in [1.82, 2.24) is 4.98 Å². The summed E-state index contributed by atoms with van der Waals surface area (Å²) in [6.07, 6.45) is -3.63. The SMILES string of the molecule is COc1cc(OC)c(CNc2ccc(C(F)(F)F)cn2)c(OC)c1. The van der Waals surface area contributed by atoms with Crippen LogP contribution in [0.25, 0.3) is 0 Å². The molecule has 1 aromatic carbocycles. The molecule has 5 nitrogen and oxygen atoms in total. The zero-order chi connectivity index (χ0) is 17.7. The Morgan fingerprint density at radius 3 is 2.04 bits per heavy atom. The molecule has 130 valence electrons. The molecule has 8 heteroatoms. The summed E-state index contributed by atoms with van der Waals surface area (Å²) in [6.45, 7) is 0.259. The molecule has 1 aromatic heterocycles. The Morgan fingerprint density at radius 2 is 1.62 bits per heavy atom. The summed E-state index contributed by atoms with van der Waals surface area (Å²) in [6, 6.07) is 5.63. The number of nitrogens with zero attached hydrogens (tertiary/aromatic N) is 1. The van der Waals surface area contributed by atoms with E-state index in [9.17, 15) is 13.2 Å². The van der Waals surface area contributed by atoms with Gasteiger partial charge in [0.05, 0.1) is 32.5 Å². The molecule has 0 bridgehead atoms. The van der Waals surface area contributed by atoms with Gasteiger partial charge >= 0.3 is 6.18 Å². The minimum atomic E-state index is -4.41. The number of pyridine rings is 1. The number of hydrogen-bond donors (Lipinski definition) is 1. The Labute approximate surface area is 137 Å². The second kappa shape index (κ2) is 7.29. The fourth-order valence-electron chi connectivity index (χ4n) is 2.10. The van der Waals surface area contributed by atoms with Crippen molar-refractivity contribution in [3.8, 4) is 17.2 Å². The van der Waals surface area contributed by atoms with E-state index in [2.05, 4.69) is 10.3 Å². The quantitative estimate of drug-likeness (QED) is 0.867. The molecule has 0 spiro atoms. The highest BCUT2D eigenvalue weighted by Gasteiger charge is 2.30. The number of rotatable bonds is 6. The molecule has 2 aromatic rings. The lowest BCUT2D eigenvalue weighted by Gasteiger charge is -2.16. The average Bonchev–Trinajstić information content (AvgIpc) is 2.58. The largest absolute Gasteiger partial charge is 0.496 e. The van der Waals surface area contributed by atoms with Gasteiger partial charge < -0.3 is 19.5 Å². The molecule has 0 saturated carbocycles. The first-order valence-electron chi connectivity index (χ1n) is 6.95. The fraction of sp³-hybridized carbons (Fsp3) is 0.312. The molecule has 0 atom stereocenters. The maximum Gasteiger partial charge on any atom is 0.417 e. The summed E-state index contributed by atoms with van der Waals surface area (Å²) in [5, 5.41) is 2.95. The summed E-state index contributed by atoms with van der Waals surface area (Å²) < 4.78 is 53.4. The molecule has 0 fully saturated rings. The van der Waals surface area contributed by atoms with Crippen LogP contribution >= 0.6 is 0 Å². The number of hydrogen-bond acceptors (Lipinski definition) is 5. The number of nitrogens with one attached hydrogen (secondary N) is 1. The van der Waals surface area contributed by atoms with Gasteiger partial charge in [0.15, 0.2) is 0 Å². The van der Waals surface area contributed by atoms with Crippen molar-refractivity contribution >= 4 is 5.82 Å². The Hall–Kier alpha value is -2.64. The van der Waals surface area contributed by atoms with E-state index in [1.807, 2.05) is 0 Å². The van der Waals surface area contributed by atoms with Gasteiger partial charge in [-0.1, -0.05) is 0 Å². The molecule has 0 amide bonds. The zero-order valence-corrected chi connectivity index (χ0v) is 13.4. The molecular formula is C16H17F3N2O3. The highest BCUT2D eigenvalue weighted by atomic mass is 19.4. The Balaban J connectivity index is 2.19. The molecular weight excluding hydrogens is 325 g/mol. The number of halogens is 3. The maximum atomic E-state index is 12.5. The molecule has 24 heavy (non-hydrogen) atoms. The zero-order valence-electron chi connectivity index (χ0n) is 13.4. The Kier molecular flexibility index (Phi) is 5.38. The lowest BCUT2D eigenvalue weighted by molar-refractivity contribution is -0.137. The van der Waals surface area contributed by atoms with Crippen molar-refractivity contribution in [3.05, 3.63) is 41.6 Å². The molecule has 0 aliphatic carbocycles. The van der Waals surface area contributed by atoms with E-state index in [4.69, 9.17) is 14.2 Å². The molecule has 0 aliphatic rings. The molecule has 1 heterocycles. The predicted octanol–water partition coefficient (Wildman–Crippen LogP) is 3.74. The molecule has 2 rings (SSSR count). The molecule has 0 radical (unpaired) electrons. The third kappa shape index (κ3) is 4.01. The number of ether oxygens (including phenoxy) is 3. The highest BCUT2D eigenvalue weighted by Crippen LogP contribution is 2.34. The Morgan fingerprint density at radius 1 is 1.00 bits per heavy atom. The third-order valence-corrected chi connectivity index (χ3v) is 3.35. The van der Waals surface area contributed by atoms with E-state index in [0.717, 1.165) is 12.3 Å². The summed E-state index contributed by atoms with van der Waals surface area (Å²) >= 11 is 0. The first-order chi connectivity index (χ1) is 11.4. The topological polar surface area (TPSA) is 52.6 Å². The van der Waals surface area contributed by atoms with Gasteiger partial charge in [-0.2, -0.15) is 13.2 Å². The van der Waals surface area contributed by atoms with Crippen LogP contribution < -0.4 is 19.5 Å². The maximum absolute atomic E-state index is 12.5. The van der Waals surface area contributed by atoms with Crippen LogP contribution in [0.4, 0.5) is 19.0 Å². The van der Waals surface area contributed by atoms with E-state index in [1.165, 1.54) is 27.4 Å². The van der Waals surface area contributed by atoms with Crippen molar-refractivity contribution in [2.75, 3.05) is 26.6 Å². The summed E-state index contributed by atoms with van der Waals surface area (Å²) in [5.74, 6) is 1.94. The van der Waals surface area contributed by atoms with Crippen LogP contribution in [0.15, 0.2) is 30.5 Å². The van der Waals surface area contributed by atoms with Crippen molar-refractivity contribution in [1.29, 1.82) is 0 Å². The minimum Gasteiger partial charge on any atom is -0.496 e. The number of alkyl halides is 3. The van der Waals surface area contributed by atoms with Gasteiger partial charge in [0.1, 0.15) is 23.1 Å². The fourth-order valence-corrected chi connectivity index (χ4v) is 2.10. The van der Waals surface area contributed by atoms with Crippen LogP contribution in [0.1, 0.15) is 11.1 Å². The highest BCUT2D eigenvalue weighted by molar-refractivity contribution is 5.52. The van der Waals surface area contributed by atoms with E-state index in [-0.39, 0.29) is 6.54 Å². The predicted molar refractivity (Wildman–Crippen MR) is 82.7 cm³/mol. The van der Waals surface area contributed by atoms with E-state index in [1.54, 1.807) is 12.1 Å². The van der Waals surface area contributed by atoms with Gasteiger partial charge in [-0.05, 0) is 12.1 Å². The monoisotopic (exact) mass is 342 g/mol. The number of anilines is 1. The van der Waals surface area contributed by atoms with Crippen LogP contribution in [0.3, 0.4) is 0 Å². The van der Waals surface area contributed by atoms with Crippen molar-refractivity contribution < 1.29 is 27.4 Å². The van der Waals surface area contributed by atoms with Crippen molar-refractivity contribution in [2.45, 2.75) is 12.7 Å². The molecule has 0 aliphatic heterocycles. The smallest absolute Gasteiger partial charge is 0.417 e. The van der Waals surface area contributed by atoms with Crippen LogP contribution in [-0.2, 0) is 12.7 Å². The second-order valence-corrected chi connectivity index (χ2v) is 4.79.